The van der Waals surface area contributed by atoms with Gasteiger partial charge in [0.15, 0.2) is 5.78 Å². The molecular weight excluding hydrogens is 224 g/mol. The van der Waals surface area contributed by atoms with E-state index in [-0.39, 0.29) is 5.78 Å². The minimum absolute atomic E-state index is 0.154. The van der Waals surface area contributed by atoms with E-state index in [2.05, 4.69) is 6.07 Å². The minimum atomic E-state index is 0.154. The van der Waals surface area contributed by atoms with Gasteiger partial charge in [0.2, 0.25) is 0 Å². The Hall–Kier alpha value is -2.34. The van der Waals surface area contributed by atoms with Gasteiger partial charge in [0.25, 0.3) is 0 Å². The monoisotopic (exact) mass is 238 g/mol. The molecule has 0 unspecified atom stereocenters. The van der Waals surface area contributed by atoms with E-state index in [0.29, 0.717) is 18.7 Å². The van der Waals surface area contributed by atoms with Gasteiger partial charge in [-0.3, -0.25) is 4.79 Å². The van der Waals surface area contributed by atoms with Crippen LogP contribution in [0, 0.1) is 11.3 Å². The number of carbonyl (C=O) groups is 1. The summed E-state index contributed by atoms with van der Waals surface area (Å²) in [5, 5.41) is 8.86. The second kappa shape index (κ2) is 5.83. The van der Waals surface area contributed by atoms with Crippen LogP contribution in [0.4, 0.5) is 0 Å². The molecule has 0 spiro atoms. The molecule has 0 radical (unpaired) electrons. The highest BCUT2D eigenvalue weighted by atomic mass is 16.1. The summed E-state index contributed by atoms with van der Waals surface area (Å²) in [6, 6.07) is 15.0. The van der Waals surface area contributed by atoms with Crippen molar-refractivity contribution in [2.75, 3.05) is 0 Å². The Labute approximate surface area is 106 Å². The molecule has 2 aromatic rings. The fourth-order valence-corrected chi connectivity index (χ4v) is 1.89. The maximum Gasteiger partial charge on any atom is 0.162 e. The van der Waals surface area contributed by atoms with Crippen molar-refractivity contribution >= 4 is 5.78 Å². The molecule has 0 bridgehead atoms. The van der Waals surface area contributed by atoms with Crippen molar-refractivity contribution < 1.29 is 4.79 Å². The molecule has 3 nitrogen and oxygen atoms in total. The number of nitrogens with zero attached hydrogens (tertiary/aromatic N) is 2. The van der Waals surface area contributed by atoms with Crippen molar-refractivity contribution in [3.63, 3.8) is 0 Å². The van der Waals surface area contributed by atoms with E-state index in [9.17, 15) is 4.79 Å². The number of aryl methyl sites for hydroxylation is 1. The molecule has 3 heteroatoms. The summed E-state index contributed by atoms with van der Waals surface area (Å²) < 4.78 is 1.87. The molecule has 1 aromatic heterocycles. The summed E-state index contributed by atoms with van der Waals surface area (Å²) in [6.45, 7) is 0.703. The molecule has 0 amide bonds. The molecule has 1 aromatic carbocycles. The molecule has 0 aliphatic heterocycles. The zero-order valence-corrected chi connectivity index (χ0v) is 10.0. The highest BCUT2D eigenvalue weighted by molar-refractivity contribution is 5.95. The lowest BCUT2D eigenvalue weighted by molar-refractivity contribution is 0.0978. The number of benzene rings is 1. The van der Waals surface area contributed by atoms with E-state index in [0.717, 1.165) is 12.0 Å². The van der Waals surface area contributed by atoms with Crippen LogP contribution >= 0.6 is 0 Å². The average molecular weight is 238 g/mol. The van der Waals surface area contributed by atoms with Crippen molar-refractivity contribution in [1.82, 2.24) is 4.57 Å². The number of hydrogen-bond acceptors (Lipinski definition) is 2. The molecule has 0 aliphatic carbocycles. The fourth-order valence-electron chi connectivity index (χ4n) is 1.89. The summed E-state index contributed by atoms with van der Waals surface area (Å²) in [6.07, 6.45) is 3.12. The van der Waals surface area contributed by atoms with E-state index < -0.39 is 0 Å². The van der Waals surface area contributed by atoms with Crippen LogP contribution in [0.2, 0.25) is 0 Å². The Balaban J connectivity index is 1.87. The first-order valence-corrected chi connectivity index (χ1v) is 5.95. The quantitative estimate of drug-likeness (QED) is 0.751. The van der Waals surface area contributed by atoms with Crippen LogP contribution in [0.5, 0.6) is 0 Å². The lowest BCUT2D eigenvalue weighted by Gasteiger charge is -2.04. The van der Waals surface area contributed by atoms with Crippen LogP contribution in [-0.2, 0) is 6.54 Å². The molecular formula is C15H14N2O. The Kier molecular flexibility index (Phi) is 3.93. The van der Waals surface area contributed by atoms with E-state index in [1.165, 1.54) is 0 Å². The molecule has 1 heterocycles. The highest BCUT2D eigenvalue weighted by Gasteiger charge is 2.05. The minimum Gasteiger partial charge on any atom is -0.339 e. The fraction of sp³-hybridized carbons (Fsp3) is 0.200. The lowest BCUT2D eigenvalue weighted by atomic mass is 10.1. The number of ketones is 1. The number of nitriles is 1. The van der Waals surface area contributed by atoms with Gasteiger partial charge in [-0.2, -0.15) is 5.26 Å². The van der Waals surface area contributed by atoms with Gasteiger partial charge in [-0.05, 0) is 18.6 Å². The predicted molar refractivity (Wildman–Crippen MR) is 69.2 cm³/mol. The molecule has 2 rings (SSSR count). The zero-order valence-electron chi connectivity index (χ0n) is 10.0. The van der Waals surface area contributed by atoms with Crippen molar-refractivity contribution in [3.05, 3.63) is 59.9 Å². The van der Waals surface area contributed by atoms with Crippen molar-refractivity contribution in [2.24, 2.45) is 0 Å². The maximum atomic E-state index is 11.9. The largest absolute Gasteiger partial charge is 0.339 e. The van der Waals surface area contributed by atoms with Crippen LogP contribution in [0.3, 0.4) is 0 Å². The second-order valence-corrected chi connectivity index (χ2v) is 4.09. The molecule has 0 aliphatic rings. The van der Waals surface area contributed by atoms with Crippen LogP contribution in [-0.4, -0.2) is 10.4 Å². The van der Waals surface area contributed by atoms with Crippen LogP contribution in [0.15, 0.2) is 48.7 Å². The normalized spacial score (nSPS) is 9.94. The molecule has 0 saturated carbocycles. The van der Waals surface area contributed by atoms with Gasteiger partial charge in [-0.1, -0.05) is 30.3 Å². The summed E-state index contributed by atoms with van der Waals surface area (Å²) in [4.78, 5) is 11.9. The summed E-state index contributed by atoms with van der Waals surface area (Å²) in [5.41, 5.74) is 1.40. The maximum absolute atomic E-state index is 11.9. The molecule has 0 atom stereocenters. The third kappa shape index (κ3) is 2.86. The van der Waals surface area contributed by atoms with Crippen LogP contribution in [0.25, 0.3) is 0 Å². The molecule has 90 valence electrons. The average Bonchev–Trinajstić information content (AvgIpc) is 2.87. The number of carbonyl (C=O) groups excluding carboxylic acids is 1. The number of aromatic nitrogens is 1. The second-order valence-electron chi connectivity index (χ2n) is 4.09. The smallest absolute Gasteiger partial charge is 0.162 e. The third-order valence-corrected chi connectivity index (χ3v) is 2.84. The Morgan fingerprint density at radius 1 is 1.17 bits per heavy atom. The van der Waals surface area contributed by atoms with Crippen molar-refractivity contribution in [2.45, 2.75) is 19.4 Å². The van der Waals surface area contributed by atoms with Crippen LogP contribution < -0.4 is 0 Å². The molecule has 0 saturated heterocycles. The SMILES string of the molecule is N#Cc1cccn1CCCC(=O)c1ccccc1. The third-order valence-electron chi connectivity index (χ3n) is 2.84. The predicted octanol–water partition coefficient (Wildman–Crippen LogP) is 3.02. The zero-order chi connectivity index (χ0) is 12.8. The van der Waals surface area contributed by atoms with Crippen molar-refractivity contribution in [3.8, 4) is 6.07 Å². The first-order chi connectivity index (χ1) is 8.81. The highest BCUT2D eigenvalue weighted by Crippen LogP contribution is 2.08. The topological polar surface area (TPSA) is 45.8 Å². The van der Waals surface area contributed by atoms with E-state index in [4.69, 9.17) is 5.26 Å². The van der Waals surface area contributed by atoms with Gasteiger partial charge in [0.05, 0.1) is 0 Å². The number of Topliss-reactive ketones (excluding diaryl/α,β-unsaturated/α-hetero) is 1. The van der Waals surface area contributed by atoms with Gasteiger partial charge in [0, 0.05) is 24.7 Å². The summed E-state index contributed by atoms with van der Waals surface area (Å²) >= 11 is 0. The summed E-state index contributed by atoms with van der Waals surface area (Å²) in [7, 11) is 0. The van der Waals surface area contributed by atoms with Gasteiger partial charge >= 0.3 is 0 Å². The first-order valence-electron chi connectivity index (χ1n) is 5.95. The lowest BCUT2D eigenvalue weighted by Crippen LogP contribution is -2.04. The van der Waals surface area contributed by atoms with E-state index in [1.54, 1.807) is 6.07 Å². The Bertz CT molecular complexity index is 564. The number of hydrogen-bond donors (Lipinski definition) is 0. The van der Waals surface area contributed by atoms with E-state index in [1.807, 2.05) is 47.2 Å². The van der Waals surface area contributed by atoms with Crippen molar-refractivity contribution in [1.29, 1.82) is 5.26 Å². The standard InChI is InChI=1S/C15H14N2O/c16-12-14-8-4-10-17(14)11-5-9-15(18)13-6-2-1-3-7-13/h1-4,6-8,10H,5,9,11H2. The van der Waals surface area contributed by atoms with Gasteiger partial charge in [-0.15, -0.1) is 0 Å². The molecule has 0 N–H and O–H groups in total. The Morgan fingerprint density at radius 2 is 1.94 bits per heavy atom. The van der Waals surface area contributed by atoms with Gasteiger partial charge in [0.1, 0.15) is 11.8 Å². The molecule has 0 fully saturated rings. The van der Waals surface area contributed by atoms with E-state index >= 15 is 0 Å². The van der Waals surface area contributed by atoms with Crippen LogP contribution in [0.1, 0.15) is 28.9 Å². The number of rotatable bonds is 5. The van der Waals surface area contributed by atoms with Gasteiger partial charge < -0.3 is 4.57 Å². The summed E-state index contributed by atoms with van der Waals surface area (Å²) in [5.74, 6) is 0.154. The Morgan fingerprint density at radius 3 is 2.67 bits per heavy atom. The molecule has 18 heavy (non-hydrogen) atoms. The first kappa shape index (κ1) is 12.1. The van der Waals surface area contributed by atoms with Gasteiger partial charge in [-0.25, -0.2) is 0 Å².